The minimum absolute atomic E-state index is 0.181. The summed E-state index contributed by atoms with van der Waals surface area (Å²) in [5.41, 5.74) is -0.968. The Morgan fingerprint density at radius 3 is 1.33 bits per heavy atom. The Morgan fingerprint density at radius 2 is 1.07 bits per heavy atom. The lowest BCUT2D eigenvalue weighted by atomic mass is 9.79. The van der Waals surface area contributed by atoms with Crippen LogP contribution in [0, 0.1) is 11.8 Å². The highest BCUT2D eigenvalue weighted by Crippen LogP contribution is 2.39. The van der Waals surface area contributed by atoms with E-state index in [9.17, 15) is 19.2 Å². The number of Topliss-reactive ketones (excluding diaryl/α,β-unsaturated/α-hetero) is 2. The molecule has 0 unspecified atom stereocenters. The first-order valence-corrected chi connectivity index (χ1v) is 10.8. The van der Waals surface area contributed by atoms with E-state index in [0.717, 1.165) is 12.8 Å². The standard InChI is InChI=1S/2C11H17NO3/c2*1-11(2,3)15-10(14)12-5-4-7-6-8(13)9(7)12/h2*7,9H,4-6H2,1-3H3/t2*7-,9-/m10/s1. The first kappa shape index (κ1) is 22.6. The Bertz CT molecular complexity index is 673. The monoisotopic (exact) mass is 422 g/mol. The number of hydrogen-bond acceptors (Lipinski definition) is 6. The lowest BCUT2D eigenvalue weighted by Crippen LogP contribution is -2.51. The lowest BCUT2D eigenvalue weighted by molar-refractivity contribution is -0.133. The normalized spacial score (nSPS) is 29.8. The fourth-order valence-corrected chi connectivity index (χ4v) is 4.50. The van der Waals surface area contributed by atoms with Crippen LogP contribution in [0.25, 0.3) is 0 Å². The van der Waals surface area contributed by atoms with Gasteiger partial charge in [0.2, 0.25) is 0 Å². The van der Waals surface area contributed by atoms with E-state index in [4.69, 9.17) is 9.47 Å². The maximum absolute atomic E-state index is 11.7. The molecule has 4 aliphatic rings. The average Bonchev–Trinajstić information content (AvgIpc) is 3.08. The number of ketones is 2. The number of carbonyl (C=O) groups is 4. The summed E-state index contributed by atoms with van der Waals surface area (Å²) in [4.78, 5) is 49.4. The van der Waals surface area contributed by atoms with Crippen LogP contribution in [0.1, 0.15) is 67.2 Å². The zero-order valence-electron chi connectivity index (χ0n) is 18.9. The predicted octanol–water partition coefficient (Wildman–Crippen LogP) is 3.17. The number of rotatable bonds is 0. The van der Waals surface area contributed by atoms with Gasteiger partial charge in [0.1, 0.15) is 11.2 Å². The van der Waals surface area contributed by atoms with E-state index in [2.05, 4.69) is 0 Å². The first-order chi connectivity index (χ1) is 13.8. The van der Waals surface area contributed by atoms with Crippen molar-refractivity contribution >= 4 is 23.8 Å². The van der Waals surface area contributed by atoms with Gasteiger partial charge in [-0.1, -0.05) is 0 Å². The maximum atomic E-state index is 11.7. The van der Waals surface area contributed by atoms with Gasteiger partial charge in [-0.25, -0.2) is 9.59 Å². The molecule has 8 heteroatoms. The van der Waals surface area contributed by atoms with Crippen LogP contribution in [0.4, 0.5) is 9.59 Å². The molecule has 0 aromatic heterocycles. The highest BCUT2D eigenvalue weighted by Gasteiger charge is 2.51. The van der Waals surface area contributed by atoms with Gasteiger partial charge in [0.15, 0.2) is 11.6 Å². The number of nitrogens with zero attached hydrogens (tertiary/aromatic N) is 2. The molecule has 0 aromatic rings. The van der Waals surface area contributed by atoms with E-state index in [1.165, 1.54) is 0 Å². The number of ether oxygens (including phenoxy) is 2. The Balaban J connectivity index is 0.000000171. The summed E-state index contributed by atoms with van der Waals surface area (Å²) >= 11 is 0. The van der Waals surface area contributed by atoms with Crippen LogP contribution in [-0.4, -0.2) is 69.9 Å². The molecule has 2 aliphatic carbocycles. The molecule has 4 atom stereocenters. The van der Waals surface area contributed by atoms with Crippen molar-refractivity contribution in [2.45, 2.75) is 90.5 Å². The van der Waals surface area contributed by atoms with E-state index in [1.807, 2.05) is 41.5 Å². The molecule has 2 aliphatic heterocycles. The quantitative estimate of drug-likeness (QED) is 0.595. The summed E-state index contributed by atoms with van der Waals surface area (Å²) in [6.07, 6.45) is 2.48. The Labute approximate surface area is 178 Å². The second kappa shape index (κ2) is 7.85. The van der Waals surface area contributed by atoms with E-state index < -0.39 is 11.2 Å². The second-order valence-corrected chi connectivity index (χ2v) is 10.7. The lowest BCUT2D eigenvalue weighted by Gasteiger charge is -2.35. The third kappa shape index (κ3) is 4.78. The third-order valence-corrected chi connectivity index (χ3v) is 5.89. The van der Waals surface area contributed by atoms with Gasteiger partial charge in [0, 0.05) is 25.9 Å². The van der Waals surface area contributed by atoms with Gasteiger partial charge < -0.3 is 9.47 Å². The Morgan fingerprint density at radius 1 is 0.733 bits per heavy atom. The predicted molar refractivity (Wildman–Crippen MR) is 109 cm³/mol. The summed E-state index contributed by atoms with van der Waals surface area (Å²) in [7, 11) is 0. The van der Waals surface area contributed by atoms with E-state index in [-0.39, 0.29) is 35.8 Å². The molecule has 0 bridgehead atoms. The smallest absolute Gasteiger partial charge is 0.410 e. The molecular formula is C22H34N2O6. The second-order valence-electron chi connectivity index (χ2n) is 10.7. The fourth-order valence-electron chi connectivity index (χ4n) is 4.50. The number of likely N-dealkylation sites (tertiary alicyclic amines) is 2. The van der Waals surface area contributed by atoms with Gasteiger partial charge in [-0.3, -0.25) is 19.4 Å². The van der Waals surface area contributed by atoms with Crippen LogP contribution in [0.2, 0.25) is 0 Å². The molecule has 168 valence electrons. The largest absolute Gasteiger partial charge is 0.444 e. The molecule has 0 spiro atoms. The zero-order valence-corrected chi connectivity index (χ0v) is 18.9. The van der Waals surface area contributed by atoms with Crippen LogP contribution >= 0.6 is 0 Å². The summed E-state index contributed by atoms with van der Waals surface area (Å²) in [5.74, 6) is 1.15. The fraction of sp³-hybridized carbons (Fsp3) is 0.818. The Kier molecular flexibility index (Phi) is 5.91. The summed E-state index contributed by atoms with van der Waals surface area (Å²) in [6, 6.07) is -0.361. The van der Waals surface area contributed by atoms with Gasteiger partial charge in [-0.15, -0.1) is 0 Å². The number of hydrogen-bond donors (Lipinski definition) is 0. The van der Waals surface area contributed by atoms with Gasteiger partial charge in [-0.05, 0) is 66.2 Å². The topological polar surface area (TPSA) is 93.2 Å². The van der Waals surface area contributed by atoms with Gasteiger partial charge in [-0.2, -0.15) is 0 Å². The van der Waals surface area contributed by atoms with Crippen molar-refractivity contribution in [2.24, 2.45) is 11.8 Å². The Hall–Kier alpha value is -2.12. The van der Waals surface area contributed by atoms with E-state index >= 15 is 0 Å². The van der Waals surface area contributed by atoms with E-state index in [1.54, 1.807) is 9.80 Å². The zero-order chi connectivity index (χ0) is 22.4. The van der Waals surface area contributed by atoms with Crippen molar-refractivity contribution in [1.29, 1.82) is 0 Å². The van der Waals surface area contributed by atoms with Crippen LogP contribution < -0.4 is 0 Å². The molecule has 0 radical (unpaired) electrons. The summed E-state index contributed by atoms with van der Waals surface area (Å²) in [5, 5.41) is 0. The molecule has 2 saturated heterocycles. The van der Waals surface area contributed by atoms with E-state index in [0.29, 0.717) is 37.8 Å². The summed E-state index contributed by atoms with van der Waals surface area (Å²) in [6.45, 7) is 12.3. The molecule has 0 aromatic carbocycles. The highest BCUT2D eigenvalue weighted by molar-refractivity contribution is 5.94. The number of amides is 2. The van der Waals surface area contributed by atoms with Gasteiger partial charge in [0.05, 0.1) is 12.1 Å². The van der Waals surface area contributed by atoms with Crippen molar-refractivity contribution in [3.63, 3.8) is 0 Å². The number of fused-ring (bicyclic) bond motifs is 2. The average molecular weight is 423 g/mol. The summed E-state index contributed by atoms with van der Waals surface area (Å²) < 4.78 is 10.5. The molecule has 2 heterocycles. The van der Waals surface area contributed by atoms with Crippen molar-refractivity contribution in [3.05, 3.63) is 0 Å². The van der Waals surface area contributed by atoms with Crippen LogP contribution in [-0.2, 0) is 19.1 Å². The van der Waals surface area contributed by atoms with Gasteiger partial charge in [0.25, 0.3) is 0 Å². The minimum Gasteiger partial charge on any atom is -0.444 e. The molecule has 0 N–H and O–H groups in total. The van der Waals surface area contributed by atoms with Crippen molar-refractivity contribution < 1.29 is 28.7 Å². The third-order valence-electron chi connectivity index (χ3n) is 5.89. The van der Waals surface area contributed by atoms with Crippen LogP contribution in [0.15, 0.2) is 0 Å². The van der Waals surface area contributed by atoms with Crippen LogP contribution in [0.5, 0.6) is 0 Å². The SMILES string of the molecule is CC(C)(C)OC(=O)N1CC[C@@H]2CC(=O)[C@@H]21.CC(C)(C)OC(=O)N1CC[C@H]2CC(=O)[C@H]21. The molecule has 2 amide bonds. The van der Waals surface area contributed by atoms with Gasteiger partial charge >= 0.3 is 12.2 Å². The molecule has 2 saturated carbocycles. The molecular weight excluding hydrogens is 388 g/mol. The molecule has 30 heavy (non-hydrogen) atoms. The molecule has 8 nitrogen and oxygen atoms in total. The van der Waals surface area contributed by atoms with Crippen molar-refractivity contribution in [3.8, 4) is 0 Å². The van der Waals surface area contributed by atoms with Crippen molar-refractivity contribution in [1.82, 2.24) is 9.80 Å². The molecule has 4 rings (SSSR count). The highest BCUT2D eigenvalue weighted by atomic mass is 16.6. The van der Waals surface area contributed by atoms with Crippen molar-refractivity contribution in [2.75, 3.05) is 13.1 Å². The molecule has 4 fully saturated rings. The first-order valence-electron chi connectivity index (χ1n) is 10.8. The maximum Gasteiger partial charge on any atom is 0.410 e. The number of carbonyl (C=O) groups excluding carboxylic acids is 4. The van der Waals surface area contributed by atoms with Crippen LogP contribution in [0.3, 0.4) is 0 Å². The minimum atomic E-state index is -0.484.